The van der Waals surface area contributed by atoms with Crippen LogP contribution < -0.4 is 5.73 Å². The third-order valence-electron chi connectivity index (χ3n) is 6.02. The molecule has 0 bridgehead atoms. The van der Waals surface area contributed by atoms with Gasteiger partial charge in [-0.3, -0.25) is 0 Å². The molecule has 1 aromatic rings. The molecule has 0 amide bonds. The lowest BCUT2D eigenvalue weighted by Crippen LogP contribution is -2.47. The summed E-state index contributed by atoms with van der Waals surface area (Å²) in [7, 11) is 0. The lowest BCUT2D eigenvalue weighted by molar-refractivity contribution is 0.0908. The predicted octanol–water partition coefficient (Wildman–Crippen LogP) is 3.56. The number of likely N-dealkylation sites (tertiary alicyclic amines) is 1. The number of nitrogens with two attached hydrogens (primary N) is 1. The van der Waals surface area contributed by atoms with Crippen LogP contribution in [0.1, 0.15) is 51.0 Å². The molecular formula is C19H30N2. The zero-order valence-corrected chi connectivity index (χ0v) is 13.4. The highest BCUT2D eigenvalue weighted by atomic mass is 15.2. The van der Waals surface area contributed by atoms with Crippen LogP contribution in [0.3, 0.4) is 0 Å². The van der Waals surface area contributed by atoms with Crippen molar-refractivity contribution < 1.29 is 0 Å². The minimum Gasteiger partial charge on any atom is -0.330 e. The molecule has 2 fully saturated rings. The molecule has 2 N–H and O–H groups in total. The van der Waals surface area contributed by atoms with E-state index < -0.39 is 0 Å². The summed E-state index contributed by atoms with van der Waals surface area (Å²) in [5.41, 5.74) is 7.89. The second-order valence-corrected chi connectivity index (χ2v) is 7.30. The second-order valence-electron chi connectivity index (χ2n) is 7.30. The highest BCUT2D eigenvalue weighted by molar-refractivity contribution is 5.26. The second kappa shape index (κ2) is 6.50. The van der Waals surface area contributed by atoms with Crippen molar-refractivity contribution in [2.75, 3.05) is 19.6 Å². The van der Waals surface area contributed by atoms with Gasteiger partial charge < -0.3 is 10.6 Å². The number of piperidine rings is 1. The molecule has 1 aromatic carbocycles. The molecule has 21 heavy (non-hydrogen) atoms. The molecule has 2 heteroatoms. The molecule has 1 aliphatic heterocycles. The van der Waals surface area contributed by atoms with E-state index in [9.17, 15) is 0 Å². The van der Waals surface area contributed by atoms with E-state index in [2.05, 4.69) is 42.2 Å². The van der Waals surface area contributed by atoms with E-state index >= 15 is 0 Å². The first-order chi connectivity index (χ1) is 10.2. The van der Waals surface area contributed by atoms with Gasteiger partial charge in [0.15, 0.2) is 0 Å². The Balaban J connectivity index is 1.63. The van der Waals surface area contributed by atoms with Crippen molar-refractivity contribution in [2.24, 2.45) is 11.7 Å². The lowest BCUT2D eigenvalue weighted by Gasteiger charge is -2.45. The highest BCUT2D eigenvalue weighted by Crippen LogP contribution is 2.40. The topological polar surface area (TPSA) is 29.3 Å². The van der Waals surface area contributed by atoms with E-state index in [-0.39, 0.29) is 5.41 Å². The molecule has 1 heterocycles. The van der Waals surface area contributed by atoms with Crippen LogP contribution in [0.25, 0.3) is 0 Å². The summed E-state index contributed by atoms with van der Waals surface area (Å²) in [6, 6.07) is 11.8. The normalized spacial score (nSPS) is 32.2. The summed E-state index contributed by atoms with van der Waals surface area (Å²) in [4.78, 5) is 2.76. The van der Waals surface area contributed by atoms with E-state index in [1.807, 2.05) is 0 Å². The fourth-order valence-electron chi connectivity index (χ4n) is 4.32. The van der Waals surface area contributed by atoms with Crippen molar-refractivity contribution in [3.05, 3.63) is 35.9 Å². The Kier molecular flexibility index (Phi) is 4.66. The maximum absolute atomic E-state index is 6.20. The summed E-state index contributed by atoms with van der Waals surface area (Å²) in [6.07, 6.45) is 7.92. The third kappa shape index (κ3) is 3.17. The average Bonchev–Trinajstić information content (AvgIpc) is 2.56. The molecule has 0 aromatic heterocycles. The smallest absolute Gasteiger partial charge is 0.00959 e. The van der Waals surface area contributed by atoms with Gasteiger partial charge in [0, 0.05) is 18.0 Å². The van der Waals surface area contributed by atoms with Crippen LogP contribution in [0, 0.1) is 5.92 Å². The van der Waals surface area contributed by atoms with Crippen LogP contribution >= 0.6 is 0 Å². The Morgan fingerprint density at radius 1 is 1.05 bits per heavy atom. The van der Waals surface area contributed by atoms with Crippen molar-refractivity contribution in [1.82, 2.24) is 4.90 Å². The van der Waals surface area contributed by atoms with Crippen molar-refractivity contribution in [3.63, 3.8) is 0 Å². The van der Waals surface area contributed by atoms with E-state index in [1.54, 1.807) is 0 Å². The summed E-state index contributed by atoms with van der Waals surface area (Å²) in [5, 5.41) is 0. The average molecular weight is 286 g/mol. The van der Waals surface area contributed by atoms with Gasteiger partial charge >= 0.3 is 0 Å². The fourth-order valence-corrected chi connectivity index (χ4v) is 4.32. The van der Waals surface area contributed by atoms with Crippen molar-refractivity contribution in [3.8, 4) is 0 Å². The predicted molar refractivity (Wildman–Crippen MR) is 89.4 cm³/mol. The zero-order chi connectivity index (χ0) is 14.7. The molecule has 116 valence electrons. The molecule has 1 saturated heterocycles. The van der Waals surface area contributed by atoms with Crippen molar-refractivity contribution in [2.45, 2.75) is 56.9 Å². The van der Waals surface area contributed by atoms with E-state index in [0.29, 0.717) is 0 Å². The summed E-state index contributed by atoms with van der Waals surface area (Å²) < 4.78 is 0. The Morgan fingerprint density at radius 2 is 1.67 bits per heavy atom. The van der Waals surface area contributed by atoms with E-state index in [0.717, 1.165) is 18.5 Å². The fraction of sp³-hybridized carbons (Fsp3) is 0.684. The van der Waals surface area contributed by atoms with Crippen LogP contribution in [0.15, 0.2) is 30.3 Å². The molecule has 1 aliphatic carbocycles. The van der Waals surface area contributed by atoms with Gasteiger partial charge in [0.2, 0.25) is 0 Å². The van der Waals surface area contributed by atoms with Gasteiger partial charge in [0.25, 0.3) is 0 Å². The molecule has 0 radical (unpaired) electrons. The number of rotatable bonds is 3. The quantitative estimate of drug-likeness (QED) is 0.920. The first-order valence-corrected chi connectivity index (χ1v) is 8.73. The first-order valence-electron chi connectivity index (χ1n) is 8.73. The largest absolute Gasteiger partial charge is 0.330 e. The molecule has 0 atom stereocenters. The number of benzene rings is 1. The SMILES string of the molecule is CC1CCN(C2CCC(CN)(c3ccccc3)CC2)CC1. The Morgan fingerprint density at radius 3 is 2.24 bits per heavy atom. The summed E-state index contributed by atoms with van der Waals surface area (Å²) >= 11 is 0. The first kappa shape index (κ1) is 15.1. The molecule has 0 spiro atoms. The standard InChI is InChI=1S/C19H30N2/c1-16-9-13-21(14-10-16)18-7-11-19(15-20,12-8-18)17-5-3-2-4-6-17/h2-6,16,18H,7-15,20H2,1H3. The summed E-state index contributed by atoms with van der Waals surface area (Å²) in [5.74, 6) is 0.928. The van der Waals surface area contributed by atoms with Crippen LogP contribution in [-0.2, 0) is 5.41 Å². The zero-order valence-electron chi connectivity index (χ0n) is 13.4. The van der Waals surface area contributed by atoms with Crippen molar-refractivity contribution in [1.29, 1.82) is 0 Å². The van der Waals surface area contributed by atoms with Gasteiger partial charge in [-0.25, -0.2) is 0 Å². The monoisotopic (exact) mass is 286 g/mol. The minimum absolute atomic E-state index is 0.237. The maximum atomic E-state index is 6.20. The molecule has 3 rings (SSSR count). The van der Waals surface area contributed by atoms with Gasteiger partial charge in [0.1, 0.15) is 0 Å². The number of nitrogens with zero attached hydrogens (tertiary/aromatic N) is 1. The van der Waals surface area contributed by atoms with Crippen molar-refractivity contribution >= 4 is 0 Å². The Bertz CT molecular complexity index is 426. The van der Waals surface area contributed by atoms with Crippen LogP contribution in [0.4, 0.5) is 0 Å². The van der Waals surface area contributed by atoms with E-state index in [4.69, 9.17) is 5.73 Å². The van der Waals surface area contributed by atoms with Gasteiger partial charge in [-0.1, -0.05) is 37.3 Å². The van der Waals surface area contributed by atoms with Gasteiger partial charge in [-0.15, -0.1) is 0 Å². The molecule has 1 saturated carbocycles. The highest BCUT2D eigenvalue weighted by Gasteiger charge is 2.37. The van der Waals surface area contributed by atoms with E-state index in [1.165, 1.54) is 57.2 Å². The Hall–Kier alpha value is -0.860. The Labute approximate surface area is 129 Å². The van der Waals surface area contributed by atoms with Gasteiger partial charge in [0.05, 0.1) is 0 Å². The van der Waals surface area contributed by atoms with Crippen LogP contribution in [-0.4, -0.2) is 30.6 Å². The van der Waals surface area contributed by atoms with Gasteiger partial charge in [-0.05, 0) is 63.1 Å². The molecule has 2 nitrogen and oxygen atoms in total. The maximum Gasteiger partial charge on any atom is 0.00959 e. The lowest BCUT2D eigenvalue weighted by atomic mass is 9.68. The number of hydrogen-bond acceptors (Lipinski definition) is 2. The molecule has 0 unspecified atom stereocenters. The summed E-state index contributed by atoms with van der Waals surface area (Å²) in [6.45, 7) is 5.81. The number of hydrogen-bond donors (Lipinski definition) is 1. The van der Waals surface area contributed by atoms with Crippen LogP contribution in [0.2, 0.25) is 0 Å². The molecule has 2 aliphatic rings. The van der Waals surface area contributed by atoms with Crippen LogP contribution in [0.5, 0.6) is 0 Å². The molecular weight excluding hydrogens is 256 g/mol. The minimum atomic E-state index is 0.237. The third-order valence-corrected chi connectivity index (χ3v) is 6.02. The van der Waals surface area contributed by atoms with Gasteiger partial charge in [-0.2, -0.15) is 0 Å².